The normalized spacial score (nSPS) is 19.8. The van der Waals surface area contributed by atoms with Crippen molar-refractivity contribution in [2.45, 2.75) is 303 Å². The highest BCUT2D eigenvalue weighted by Gasteiger charge is 2.23. The molecule has 0 rings (SSSR count). The van der Waals surface area contributed by atoms with Crippen molar-refractivity contribution in [3.8, 4) is 0 Å². The second-order valence-corrected chi connectivity index (χ2v) is 24.5. The van der Waals surface area contributed by atoms with Crippen molar-refractivity contribution in [2.75, 3.05) is 13.2 Å². The second kappa shape index (κ2) is 40.5. The summed E-state index contributed by atoms with van der Waals surface area (Å²) in [5.41, 5.74) is 0. The van der Waals surface area contributed by atoms with Crippen LogP contribution in [0.2, 0.25) is 0 Å². The maximum Gasteiger partial charge on any atom is 0.160 e. The van der Waals surface area contributed by atoms with E-state index < -0.39 is 0 Å². The number of rotatable bonds is 46. The van der Waals surface area contributed by atoms with E-state index in [2.05, 4.69) is 96.9 Å². The van der Waals surface area contributed by atoms with E-state index in [9.17, 15) is 10.2 Å². The number of hydrogen-bond acceptors (Lipinski definition) is 5. The fourth-order valence-corrected chi connectivity index (χ4v) is 12.5. The van der Waals surface area contributed by atoms with Crippen molar-refractivity contribution in [2.24, 2.45) is 71.0 Å². The van der Waals surface area contributed by atoms with E-state index in [-0.39, 0.29) is 24.8 Å². The van der Waals surface area contributed by atoms with Crippen molar-refractivity contribution < 1.29 is 24.4 Å². The first-order valence-corrected chi connectivity index (χ1v) is 29.0. The molecule has 0 fully saturated rings. The van der Waals surface area contributed by atoms with Gasteiger partial charge in [-0.15, -0.1) is 0 Å². The topological polar surface area (TPSA) is 68.2 Å². The molecule has 0 aliphatic rings. The summed E-state index contributed by atoms with van der Waals surface area (Å²) in [4.78, 5) is 0. The van der Waals surface area contributed by atoms with Gasteiger partial charge in [-0.1, -0.05) is 148 Å². The van der Waals surface area contributed by atoms with E-state index in [1.807, 2.05) is 13.8 Å². The van der Waals surface area contributed by atoms with Crippen molar-refractivity contribution in [1.82, 2.24) is 0 Å². The molecule has 0 amide bonds. The molecule has 0 heterocycles. The Morgan fingerprint density at radius 3 is 0.769 bits per heavy atom. The molecule has 16 atom stereocenters. The Labute approximate surface area is 409 Å². The van der Waals surface area contributed by atoms with Crippen LogP contribution >= 0.6 is 0 Å². The van der Waals surface area contributed by atoms with Crippen molar-refractivity contribution in [1.29, 1.82) is 0 Å². The molecule has 2 N–H and O–H groups in total. The first-order valence-electron chi connectivity index (χ1n) is 29.0. The summed E-state index contributed by atoms with van der Waals surface area (Å²) in [5, 5.41) is 19.6. The molecule has 0 saturated heterocycles. The molecule has 0 aliphatic carbocycles. The average Bonchev–Trinajstić information content (AvgIpc) is 3.15. The lowest BCUT2D eigenvalue weighted by molar-refractivity contribution is -0.250. The van der Waals surface area contributed by atoms with E-state index in [0.717, 1.165) is 112 Å². The number of aliphatic hydroxyl groups excluding tert-OH is 2. The second-order valence-electron chi connectivity index (χ2n) is 24.5. The number of ether oxygens (including phenoxy) is 3. The number of aliphatic hydroxyl groups is 2. The van der Waals surface area contributed by atoms with Crippen molar-refractivity contribution in [3.63, 3.8) is 0 Å². The van der Waals surface area contributed by atoms with Gasteiger partial charge in [-0.2, -0.15) is 0 Å². The van der Waals surface area contributed by atoms with Gasteiger partial charge in [0.05, 0.1) is 12.2 Å². The predicted octanol–water partition coefficient (Wildman–Crippen LogP) is 18.3. The smallest absolute Gasteiger partial charge is 0.160 e. The van der Waals surface area contributed by atoms with Crippen LogP contribution in [0.15, 0.2) is 0 Å². The Kier molecular flexibility index (Phi) is 40.4. The minimum absolute atomic E-state index is 0.183. The first-order chi connectivity index (χ1) is 30.7. The van der Waals surface area contributed by atoms with Gasteiger partial charge in [0.15, 0.2) is 12.6 Å². The van der Waals surface area contributed by atoms with Crippen LogP contribution in [0.3, 0.4) is 0 Å². The van der Waals surface area contributed by atoms with Gasteiger partial charge in [-0.3, -0.25) is 0 Å². The summed E-state index contributed by atoms with van der Waals surface area (Å²) in [7, 11) is 0. The molecule has 392 valence electrons. The maximum atomic E-state index is 9.79. The summed E-state index contributed by atoms with van der Waals surface area (Å²) in [6.07, 6.45) is 30.5. The zero-order valence-corrected chi connectivity index (χ0v) is 47.2. The standard InChI is InChI=1S/C60H122O5/c1-17-19-21-23-31-63-59(29-25-27-45(3)33-47(5)35-49(7)37-51(9)39-53(11)41-55(13)43-57(15)61)65-60(64-32-24-22-20-18-2)30-26-28-46(4)34-48(6)36-50(8)38-52(10)40-54(12)42-56(14)44-58(16)62/h45-62H,17-44H2,1-16H3. The van der Waals surface area contributed by atoms with Crippen LogP contribution in [0.5, 0.6) is 0 Å². The third-order valence-corrected chi connectivity index (χ3v) is 14.7. The average molecular weight is 924 g/mol. The first kappa shape index (κ1) is 64.8. The van der Waals surface area contributed by atoms with E-state index in [0.29, 0.717) is 23.7 Å². The molecule has 0 aromatic carbocycles. The molecular weight excluding hydrogens is 801 g/mol. The highest BCUT2D eigenvalue weighted by Crippen LogP contribution is 2.32. The summed E-state index contributed by atoms with van der Waals surface area (Å²) in [6, 6.07) is 0. The molecule has 0 spiro atoms. The molecule has 0 saturated carbocycles. The van der Waals surface area contributed by atoms with E-state index in [4.69, 9.17) is 14.2 Å². The lowest BCUT2D eigenvalue weighted by Gasteiger charge is -2.27. The summed E-state index contributed by atoms with van der Waals surface area (Å²) in [5.74, 6) is 8.64. The molecule has 0 aromatic heterocycles. The van der Waals surface area contributed by atoms with Crippen LogP contribution in [-0.2, 0) is 14.2 Å². The molecule has 65 heavy (non-hydrogen) atoms. The fourth-order valence-electron chi connectivity index (χ4n) is 12.5. The van der Waals surface area contributed by atoms with Gasteiger partial charge in [-0.25, -0.2) is 0 Å². The Morgan fingerprint density at radius 1 is 0.277 bits per heavy atom. The van der Waals surface area contributed by atoms with E-state index in [1.54, 1.807) is 0 Å². The van der Waals surface area contributed by atoms with E-state index in [1.165, 1.54) is 116 Å². The van der Waals surface area contributed by atoms with Crippen molar-refractivity contribution in [3.05, 3.63) is 0 Å². The van der Waals surface area contributed by atoms with Crippen LogP contribution in [0.25, 0.3) is 0 Å². The molecule has 0 aromatic rings. The summed E-state index contributed by atoms with van der Waals surface area (Å²) >= 11 is 0. The van der Waals surface area contributed by atoms with Gasteiger partial charge in [0, 0.05) is 13.2 Å². The fraction of sp³-hybridized carbons (Fsp3) is 1.00. The molecule has 0 radical (unpaired) electrons. The van der Waals surface area contributed by atoms with Crippen LogP contribution in [0.1, 0.15) is 278 Å². The maximum absolute atomic E-state index is 9.79. The zero-order valence-electron chi connectivity index (χ0n) is 47.2. The number of hydrogen-bond donors (Lipinski definition) is 2. The Hall–Kier alpha value is -0.200. The van der Waals surface area contributed by atoms with Gasteiger partial charge < -0.3 is 24.4 Å². The highest BCUT2D eigenvalue weighted by molar-refractivity contribution is 4.72. The monoisotopic (exact) mass is 923 g/mol. The molecule has 16 unspecified atom stereocenters. The molecule has 0 aliphatic heterocycles. The Balaban J connectivity index is 5.14. The van der Waals surface area contributed by atoms with Gasteiger partial charge in [0.2, 0.25) is 0 Å². The van der Waals surface area contributed by atoms with Crippen LogP contribution < -0.4 is 0 Å². The van der Waals surface area contributed by atoms with Gasteiger partial charge in [-0.05, 0) is 200 Å². The van der Waals surface area contributed by atoms with Gasteiger partial charge >= 0.3 is 0 Å². The molecule has 5 heteroatoms. The van der Waals surface area contributed by atoms with Gasteiger partial charge in [0.25, 0.3) is 0 Å². The van der Waals surface area contributed by atoms with Crippen LogP contribution in [0.4, 0.5) is 0 Å². The highest BCUT2D eigenvalue weighted by atomic mass is 16.8. The quantitative estimate of drug-likeness (QED) is 0.0470. The predicted molar refractivity (Wildman–Crippen MR) is 285 cm³/mol. The third kappa shape index (κ3) is 40.3. The minimum atomic E-state index is -0.186. The largest absolute Gasteiger partial charge is 0.393 e. The van der Waals surface area contributed by atoms with Crippen molar-refractivity contribution >= 4 is 0 Å². The summed E-state index contributed by atoms with van der Waals surface area (Å²) in [6.45, 7) is 39.2. The Morgan fingerprint density at radius 2 is 0.523 bits per heavy atom. The number of unbranched alkanes of at least 4 members (excludes halogenated alkanes) is 6. The zero-order chi connectivity index (χ0) is 49.2. The molecule has 0 bridgehead atoms. The summed E-state index contributed by atoms with van der Waals surface area (Å²) < 4.78 is 19.9. The lowest BCUT2D eigenvalue weighted by atomic mass is 9.81. The minimum Gasteiger partial charge on any atom is -0.393 e. The SMILES string of the molecule is CCCCCCOC(CCCC(C)CC(C)CC(C)CC(C)CC(C)CC(C)CC(C)O)OC(CCCC(C)CC(C)CC(C)CC(C)CC(C)CC(C)CC(C)O)OCCCCCC. The molecular formula is C60H122O5. The van der Waals surface area contributed by atoms with E-state index >= 15 is 0 Å². The van der Waals surface area contributed by atoms with Crippen LogP contribution in [-0.4, -0.2) is 48.2 Å². The lowest BCUT2D eigenvalue weighted by Crippen LogP contribution is -2.28. The van der Waals surface area contributed by atoms with Gasteiger partial charge in [0.1, 0.15) is 0 Å². The van der Waals surface area contributed by atoms with Crippen LogP contribution in [0, 0.1) is 71.0 Å². The molecule has 5 nitrogen and oxygen atoms in total. The third-order valence-electron chi connectivity index (χ3n) is 14.7. The Bertz CT molecular complexity index is 939.